The van der Waals surface area contributed by atoms with Gasteiger partial charge in [0.15, 0.2) is 0 Å². The molecule has 32 heavy (non-hydrogen) atoms. The number of nitrogens with two attached hydrogens (primary N) is 2. The molecule has 0 amide bonds. The Labute approximate surface area is 183 Å². The lowest BCUT2D eigenvalue weighted by molar-refractivity contribution is 1.25. The number of amidine groups is 2. The molecule has 0 radical (unpaired) electrons. The highest BCUT2D eigenvalue weighted by molar-refractivity contribution is 5.85. The van der Waals surface area contributed by atoms with Crippen molar-refractivity contribution in [3.63, 3.8) is 0 Å². The Kier molecular flexibility index (Phi) is 4.67. The monoisotopic (exact) mass is 422 g/mol. The number of rotatable bonds is 6. The number of aromatic nitrogens is 4. The molecular formula is C24H22N8. The van der Waals surface area contributed by atoms with E-state index in [-0.39, 0.29) is 11.7 Å². The van der Waals surface area contributed by atoms with Gasteiger partial charge in [-0.1, -0.05) is 36.4 Å². The molecule has 5 aromatic rings. The number of H-pyrrole nitrogens is 2. The van der Waals surface area contributed by atoms with E-state index in [4.69, 9.17) is 22.3 Å². The van der Waals surface area contributed by atoms with E-state index >= 15 is 0 Å². The Hall–Kier alpha value is -4.46. The van der Waals surface area contributed by atoms with Crippen LogP contribution < -0.4 is 11.5 Å². The molecule has 0 saturated heterocycles. The van der Waals surface area contributed by atoms with Crippen LogP contribution in [0.15, 0.2) is 60.7 Å². The van der Waals surface area contributed by atoms with Crippen LogP contribution in [0.25, 0.3) is 44.8 Å². The number of fused-ring (bicyclic) bond motifs is 2. The third-order valence-electron chi connectivity index (χ3n) is 5.31. The molecule has 2 aromatic heterocycles. The van der Waals surface area contributed by atoms with E-state index in [9.17, 15) is 0 Å². The first kappa shape index (κ1) is 19.5. The van der Waals surface area contributed by atoms with Gasteiger partial charge in [-0.25, -0.2) is 9.97 Å². The van der Waals surface area contributed by atoms with Gasteiger partial charge < -0.3 is 21.4 Å². The Morgan fingerprint density at radius 2 is 1.06 bits per heavy atom. The number of imidazole rings is 2. The lowest BCUT2D eigenvalue weighted by atomic mass is 10.1. The molecule has 3 aromatic carbocycles. The predicted molar refractivity (Wildman–Crippen MR) is 128 cm³/mol. The van der Waals surface area contributed by atoms with Crippen LogP contribution in [0.2, 0.25) is 0 Å². The molecule has 0 aliphatic heterocycles. The van der Waals surface area contributed by atoms with Crippen molar-refractivity contribution < 1.29 is 0 Å². The van der Waals surface area contributed by atoms with Crippen LogP contribution in [-0.2, 0) is 12.8 Å². The second kappa shape index (κ2) is 7.66. The molecule has 0 atom stereocenters. The summed E-state index contributed by atoms with van der Waals surface area (Å²) in [6.07, 6.45) is 0.847. The molecule has 8 heteroatoms. The maximum Gasteiger partial charge on any atom is 0.138 e. The molecule has 158 valence electrons. The van der Waals surface area contributed by atoms with Crippen molar-refractivity contribution in [1.82, 2.24) is 19.9 Å². The lowest BCUT2D eigenvalue weighted by Gasteiger charge is -2.00. The molecule has 0 aliphatic carbocycles. The van der Waals surface area contributed by atoms with Gasteiger partial charge in [0.1, 0.15) is 11.6 Å². The fraction of sp³-hybridized carbons (Fsp3) is 0.0833. The third-order valence-corrected chi connectivity index (χ3v) is 5.31. The van der Waals surface area contributed by atoms with E-state index in [1.54, 1.807) is 0 Å². The number of aromatic amines is 2. The van der Waals surface area contributed by atoms with E-state index in [0.717, 1.165) is 56.0 Å². The van der Waals surface area contributed by atoms with Gasteiger partial charge in [0, 0.05) is 24.0 Å². The Bertz CT molecular complexity index is 1360. The van der Waals surface area contributed by atoms with Crippen LogP contribution >= 0.6 is 0 Å². The van der Waals surface area contributed by atoms with Crippen LogP contribution in [-0.4, -0.2) is 31.6 Å². The van der Waals surface area contributed by atoms with E-state index in [1.165, 1.54) is 0 Å². The molecular weight excluding hydrogens is 400 g/mol. The molecule has 8 N–H and O–H groups in total. The van der Waals surface area contributed by atoms with Crippen molar-refractivity contribution in [2.45, 2.75) is 12.8 Å². The number of hydrogen-bond donors (Lipinski definition) is 6. The number of nitrogens with zero attached hydrogens (tertiary/aromatic N) is 2. The minimum atomic E-state index is 0.139. The molecule has 5 rings (SSSR count). The number of benzene rings is 3. The molecule has 0 bridgehead atoms. The van der Waals surface area contributed by atoms with Gasteiger partial charge in [-0.15, -0.1) is 0 Å². The summed E-state index contributed by atoms with van der Waals surface area (Å²) < 4.78 is 0. The van der Waals surface area contributed by atoms with Crippen LogP contribution in [0.4, 0.5) is 0 Å². The normalized spacial score (nSPS) is 11.2. The highest BCUT2D eigenvalue weighted by Crippen LogP contribution is 2.26. The van der Waals surface area contributed by atoms with E-state index in [1.807, 2.05) is 60.7 Å². The summed E-state index contributed by atoms with van der Waals surface area (Å²) in [4.78, 5) is 16.1. The van der Waals surface area contributed by atoms with Crippen molar-refractivity contribution in [1.29, 1.82) is 10.8 Å². The van der Waals surface area contributed by atoms with Crippen LogP contribution in [0, 0.1) is 10.8 Å². The van der Waals surface area contributed by atoms with Gasteiger partial charge in [-0.05, 0) is 35.4 Å². The summed E-state index contributed by atoms with van der Waals surface area (Å²) in [6.45, 7) is 0. The molecule has 0 saturated carbocycles. The van der Waals surface area contributed by atoms with Crippen molar-refractivity contribution in [2.24, 2.45) is 11.5 Å². The summed E-state index contributed by atoms with van der Waals surface area (Å²) in [6, 6.07) is 19.8. The Morgan fingerprint density at radius 1 is 0.656 bits per heavy atom. The fourth-order valence-electron chi connectivity index (χ4n) is 3.83. The van der Waals surface area contributed by atoms with E-state index < -0.39 is 0 Å². The maximum atomic E-state index is 7.47. The third kappa shape index (κ3) is 3.81. The second-order valence-corrected chi connectivity index (χ2v) is 7.86. The van der Waals surface area contributed by atoms with E-state index in [0.29, 0.717) is 12.8 Å². The van der Waals surface area contributed by atoms with Gasteiger partial charge in [-0.3, -0.25) is 10.8 Å². The SMILES string of the molecule is N=C(N)Cc1ccc2nc(-c3ccc(-c4nc5ccc(CC(=N)N)cc5[nH]4)cc3)[nH]c2c1. The quantitative estimate of drug-likeness (QED) is 0.182. The molecule has 0 aliphatic rings. The zero-order valence-electron chi connectivity index (χ0n) is 17.2. The highest BCUT2D eigenvalue weighted by Gasteiger charge is 2.10. The average molecular weight is 422 g/mol. The van der Waals surface area contributed by atoms with Crippen molar-refractivity contribution >= 4 is 33.7 Å². The Balaban J connectivity index is 1.42. The average Bonchev–Trinajstić information content (AvgIpc) is 3.36. The standard InChI is InChI=1S/C24H22N8/c25-21(26)11-13-1-7-17-19(9-13)31-23(29-17)15-3-5-16(6-4-15)24-30-18-8-2-14(12-22(27)28)10-20(18)32-24/h1-10H,11-12H2,(H3,25,26)(H3,27,28)(H,29,31)(H,30,32). The molecule has 8 nitrogen and oxygen atoms in total. The first-order chi connectivity index (χ1) is 15.4. The zero-order valence-corrected chi connectivity index (χ0v) is 17.2. The summed E-state index contributed by atoms with van der Waals surface area (Å²) >= 11 is 0. The lowest BCUT2D eigenvalue weighted by Crippen LogP contribution is -2.12. The minimum Gasteiger partial charge on any atom is -0.387 e. The molecule has 2 heterocycles. The van der Waals surface area contributed by atoms with Gasteiger partial charge in [-0.2, -0.15) is 0 Å². The maximum absolute atomic E-state index is 7.47. The van der Waals surface area contributed by atoms with Crippen LogP contribution in [0.3, 0.4) is 0 Å². The van der Waals surface area contributed by atoms with Gasteiger partial charge in [0.05, 0.1) is 33.7 Å². The molecule has 0 unspecified atom stereocenters. The van der Waals surface area contributed by atoms with Crippen molar-refractivity contribution in [3.8, 4) is 22.8 Å². The summed E-state index contributed by atoms with van der Waals surface area (Å²) in [7, 11) is 0. The van der Waals surface area contributed by atoms with Crippen LogP contribution in [0.1, 0.15) is 11.1 Å². The second-order valence-electron chi connectivity index (χ2n) is 7.86. The smallest absolute Gasteiger partial charge is 0.138 e. The van der Waals surface area contributed by atoms with Crippen molar-refractivity contribution in [2.75, 3.05) is 0 Å². The number of nitrogens with one attached hydrogen (secondary N) is 4. The highest BCUT2D eigenvalue weighted by atomic mass is 14.9. The van der Waals surface area contributed by atoms with Gasteiger partial charge in [0.25, 0.3) is 0 Å². The summed E-state index contributed by atoms with van der Waals surface area (Å²) in [5, 5.41) is 14.9. The number of hydrogen-bond acceptors (Lipinski definition) is 4. The topological polar surface area (TPSA) is 157 Å². The van der Waals surface area contributed by atoms with Crippen LogP contribution in [0.5, 0.6) is 0 Å². The van der Waals surface area contributed by atoms with E-state index in [2.05, 4.69) is 19.9 Å². The summed E-state index contributed by atoms with van der Waals surface area (Å²) in [5.74, 6) is 1.84. The van der Waals surface area contributed by atoms with Crippen molar-refractivity contribution in [3.05, 3.63) is 71.8 Å². The minimum absolute atomic E-state index is 0.139. The molecule has 0 fully saturated rings. The first-order valence-electron chi connectivity index (χ1n) is 10.2. The first-order valence-corrected chi connectivity index (χ1v) is 10.2. The van der Waals surface area contributed by atoms with Gasteiger partial charge >= 0.3 is 0 Å². The summed E-state index contributed by atoms with van der Waals surface area (Å²) in [5.41, 5.74) is 18.5. The largest absolute Gasteiger partial charge is 0.387 e. The fourth-order valence-corrected chi connectivity index (χ4v) is 3.83. The van der Waals surface area contributed by atoms with Gasteiger partial charge in [0.2, 0.25) is 0 Å². The molecule has 0 spiro atoms. The Morgan fingerprint density at radius 3 is 1.44 bits per heavy atom. The predicted octanol–water partition coefficient (Wildman–Crippen LogP) is 3.73. The zero-order chi connectivity index (χ0) is 22.2.